The van der Waals surface area contributed by atoms with Gasteiger partial charge in [-0.15, -0.1) is 0 Å². The molecule has 3 aromatic carbocycles. The molecule has 0 unspecified atom stereocenters. The molecule has 140 valence electrons. The van der Waals surface area contributed by atoms with Crippen molar-refractivity contribution in [3.05, 3.63) is 113 Å². The van der Waals surface area contributed by atoms with Crippen LogP contribution in [0.25, 0.3) is 11.3 Å². The normalized spacial score (nSPS) is 12.0. The number of nitrogens with one attached hydrogen (secondary N) is 2. The zero-order chi connectivity index (χ0) is 19.2. The van der Waals surface area contributed by atoms with E-state index in [2.05, 4.69) is 39.8 Å². The lowest BCUT2D eigenvalue weighted by Gasteiger charge is -2.21. The molecule has 0 spiro atoms. The van der Waals surface area contributed by atoms with Gasteiger partial charge in [-0.25, -0.2) is 0 Å². The van der Waals surface area contributed by atoms with Crippen LogP contribution in [0.2, 0.25) is 0 Å². The topological polar surface area (TPSA) is 60.9 Å². The fraction of sp³-hybridized carbons (Fsp3) is 0.125. The molecule has 0 radical (unpaired) electrons. The highest BCUT2D eigenvalue weighted by Gasteiger charge is 2.24. The third-order valence-electron chi connectivity index (χ3n) is 4.86. The van der Waals surface area contributed by atoms with Crippen molar-refractivity contribution in [2.45, 2.75) is 19.2 Å². The molecule has 28 heavy (non-hydrogen) atoms. The highest BCUT2D eigenvalue weighted by atomic mass is 16.3. The van der Waals surface area contributed by atoms with Gasteiger partial charge in [0.2, 0.25) is 0 Å². The average Bonchev–Trinajstić information content (AvgIpc) is 3.20. The summed E-state index contributed by atoms with van der Waals surface area (Å²) in [5, 5.41) is 21.2. The number of aromatic nitrogens is 2. The molecular weight excluding hydrogens is 346 g/mol. The Morgan fingerprint density at radius 1 is 0.821 bits per heavy atom. The van der Waals surface area contributed by atoms with Crippen LogP contribution in [0.15, 0.2) is 91.0 Å². The van der Waals surface area contributed by atoms with E-state index in [0.717, 1.165) is 28.1 Å². The lowest BCUT2D eigenvalue weighted by molar-refractivity contribution is 0.274. The van der Waals surface area contributed by atoms with E-state index >= 15 is 0 Å². The molecule has 0 saturated heterocycles. The van der Waals surface area contributed by atoms with Gasteiger partial charge in [-0.1, -0.05) is 91.0 Å². The number of aliphatic hydroxyl groups is 1. The Bertz CT molecular complexity index is 998. The second kappa shape index (κ2) is 8.65. The minimum atomic E-state index is -0.0995. The number of aromatic amines is 1. The number of nitrogens with zero attached hydrogens (tertiary/aromatic N) is 1. The van der Waals surface area contributed by atoms with Gasteiger partial charge in [0.05, 0.1) is 24.0 Å². The molecule has 3 N–H and O–H groups in total. The molecule has 0 aliphatic rings. The summed E-state index contributed by atoms with van der Waals surface area (Å²) in [5.41, 5.74) is 5.93. The molecule has 4 rings (SSSR count). The Morgan fingerprint density at radius 2 is 1.43 bits per heavy atom. The molecule has 4 nitrogen and oxygen atoms in total. The maximum absolute atomic E-state index is 9.96. The highest BCUT2D eigenvalue weighted by Crippen LogP contribution is 2.33. The zero-order valence-corrected chi connectivity index (χ0v) is 15.5. The zero-order valence-electron chi connectivity index (χ0n) is 15.5. The summed E-state index contributed by atoms with van der Waals surface area (Å²) in [5.74, 6) is 0. The molecule has 0 fully saturated rings. The first-order valence-corrected chi connectivity index (χ1v) is 9.42. The first kappa shape index (κ1) is 18.2. The monoisotopic (exact) mass is 369 g/mol. The van der Waals surface area contributed by atoms with E-state index in [1.807, 2.05) is 66.7 Å². The fourth-order valence-electron chi connectivity index (χ4n) is 3.48. The van der Waals surface area contributed by atoms with Crippen molar-refractivity contribution in [2.24, 2.45) is 0 Å². The molecule has 0 bridgehead atoms. The maximum Gasteiger partial charge on any atom is 0.0975 e. The van der Waals surface area contributed by atoms with Gasteiger partial charge in [0.25, 0.3) is 0 Å². The van der Waals surface area contributed by atoms with E-state index in [0.29, 0.717) is 6.54 Å². The SMILES string of the molecule is OCc1[nH]nc(-c2ccccc2)c1[C@@H](NCc1ccccc1)c1ccccc1. The second-order valence-corrected chi connectivity index (χ2v) is 6.70. The van der Waals surface area contributed by atoms with Crippen molar-refractivity contribution in [3.63, 3.8) is 0 Å². The van der Waals surface area contributed by atoms with Crippen molar-refractivity contribution >= 4 is 0 Å². The van der Waals surface area contributed by atoms with Crippen LogP contribution < -0.4 is 5.32 Å². The molecule has 0 aliphatic carbocycles. The predicted molar refractivity (Wildman–Crippen MR) is 112 cm³/mol. The molecule has 4 aromatic rings. The van der Waals surface area contributed by atoms with E-state index in [-0.39, 0.29) is 12.6 Å². The van der Waals surface area contributed by atoms with Crippen molar-refractivity contribution in [1.82, 2.24) is 15.5 Å². The minimum absolute atomic E-state index is 0.0917. The van der Waals surface area contributed by atoms with Crippen LogP contribution in [0.1, 0.15) is 28.4 Å². The summed E-state index contributed by atoms with van der Waals surface area (Å²) in [6, 6.07) is 30.6. The minimum Gasteiger partial charge on any atom is -0.390 e. The van der Waals surface area contributed by atoms with Crippen LogP contribution >= 0.6 is 0 Å². The summed E-state index contributed by atoms with van der Waals surface area (Å²) in [4.78, 5) is 0. The molecule has 0 aliphatic heterocycles. The second-order valence-electron chi connectivity index (χ2n) is 6.70. The van der Waals surface area contributed by atoms with E-state index < -0.39 is 0 Å². The van der Waals surface area contributed by atoms with Crippen LogP contribution in [-0.2, 0) is 13.2 Å². The molecule has 1 heterocycles. The van der Waals surface area contributed by atoms with Crippen LogP contribution in [0.4, 0.5) is 0 Å². The Hall–Kier alpha value is -3.21. The van der Waals surface area contributed by atoms with Gasteiger partial charge in [0.15, 0.2) is 0 Å². The lowest BCUT2D eigenvalue weighted by Crippen LogP contribution is -2.23. The smallest absolute Gasteiger partial charge is 0.0975 e. The van der Waals surface area contributed by atoms with E-state index in [1.54, 1.807) is 0 Å². The van der Waals surface area contributed by atoms with E-state index in [9.17, 15) is 5.11 Å². The summed E-state index contributed by atoms with van der Waals surface area (Å²) in [7, 11) is 0. The van der Waals surface area contributed by atoms with Crippen LogP contribution in [-0.4, -0.2) is 15.3 Å². The van der Waals surface area contributed by atoms with Gasteiger partial charge in [-0.05, 0) is 11.1 Å². The van der Waals surface area contributed by atoms with Crippen molar-refractivity contribution in [2.75, 3.05) is 0 Å². The number of hydrogen-bond donors (Lipinski definition) is 3. The van der Waals surface area contributed by atoms with E-state index in [4.69, 9.17) is 0 Å². The standard InChI is InChI=1S/C24H23N3O/c28-17-21-22(24(27-26-21)20-14-8-3-9-15-20)23(19-12-6-2-7-13-19)25-16-18-10-4-1-5-11-18/h1-15,23,25,28H,16-17H2,(H,26,27)/t23-/m0/s1. The van der Waals surface area contributed by atoms with Gasteiger partial charge >= 0.3 is 0 Å². The largest absolute Gasteiger partial charge is 0.390 e. The Morgan fingerprint density at radius 3 is 2.07 bits per heavy atom. The Kier molecular flexibility index (Phi) is 5.61. The molecule has 4 heteroatoms. The third-order valence-corrected chi connectivity index (χ3v) is 4.86. The lowest BCUT2D eigenvalue weighted by atomic mass is 9.93. The predicted octanol–water partition coefficient (Wildman–Crippen LogP) is 4.45. The summed E-state index contributed by atoms with van der Waals surface area (Å²) in [6.45, 7) is 0.621. The maximum atomic E-state index is 9.96. The Balaban J connectivity index is 1.77. The number of hydrogen-bond acceptors (Lipinski definition) is 3. The molecular formula is C24H23N3O. The fourth-order valence-corrected chi connectivity index (χ4v) is 3.48. The van der Waals surface area contributed by atoms with E-state index in [1.165, 1.54) is 5.56 Å². The van der Waals surface area contributed by atoms with Crippen LogP contribution in [0, 0.1) is 0 Å². The number of H-pyrrole nitrogens is 1. The van der Waals surface area contributed by atoms with Gasteiger partial charge in [0.1, 0.15) is 0 Å². The number of benzene rings is 3. The van der Waals surface area contributed by atoms with Crippen molar-refractivity contribution in [3.8, 4) is 11.3 Å². The molecule has 1 atom stereocenters. The van der Waals surface area contributed by atoms with Crippen LogP contribution in [0.5, 0.6) is 0 Å². The van der Waals surface area contributed by atoms with Crippen LogP contribution in [0.3, 0.4) is 0 Å². The summed E-state index contributed by atoms with van der Waals surface area (Å²) >= 11 is 0. The number of aliphatic hydroxyl groups excluding tert-OH is 1. The van der Waals surface area contributed by atoms with Crippen molar-refractivity contribution in [1.29, 1.82) is 0 Å². The van der Waals surface area contributed by atoms with Gasteiger partial charge in [0, 0.05) is 17.7 Å². The van der Waals surface area contributed by atoms with Gasteiger partial charge < -0.3 is 10.4 Å². The summed E-state index contributed by atoms with van der Waals surface area (Å²) < 4.78 is 0. The quantitative estimate of drug-likeness (QED) is 0.451. The molecule has 1 aromatic heterocycles. The first-order chi connectivity index (χ1) is 13.9. The number of rotatable bonds is 7. The van der Waals surface area contributed by atoms with Gasteiger partial charge in [-0.3, -0.25) is 5.10 Å². The van der Waals surface area contributed by atoms with Gasteiger partial charge in [-0.2, -0.15) is 5.10 Å². The van der Waals surface area contributed by atoms with Crippen molar-refractivity contribution < 1.29 is 5.11 Å². The Labute approximate surface area is 164 Å². The molecule has 0 amide bonds. The highest BCUT2D eigenvalue weighted by molar-refractivity contribution is 5.65. The first-order valence-electron chi connectivity index (χ1n) is 9.42. The average molecular weight is 369 g/mol. The third kappa shape index (κ3) is 3.88. The summed E-state index contributed by atoms with van der Waals surface area (Å²) in [6.07, 6.45) is 0. The molecule has 0 saturated carbocycles.